The predicted octanol–water partition coefficient (Wildman–Crippen LogP) is 6.61. The number of unbranched alkanes of at least 4 members (excludes halogenated alkanes) is 3. The number of rotatable bonds is 21. The smallest absolute Gasteiger partial charge is 0.0637 e. The summed E-state index contributed by atoms with van der Waals surface area (Å²) in [6.45, 7) is 17.3. The summed E-state index contributed by atoms with van der Waals surface area (Å²) in [7, 11) is 2.26. The van der Waals surface area contributed by atoms with E-state index in [0.29, 0.717) is 53.3 Å². The fourth-order valence-corrected chi connectivity index (χ4v) is 11.1. The first-order valence-electron chi connectivity index (χ1n) is 19.9. The van der Waals surface area contributed by atoms with E-state index in [1.165, 1.54) is 64.3 Å². The zero-order chi connectivity index (χ0) is 33.2. The summed E-state index contributed by atoms with van der Waals surface area (Å²) in [6, 6.07) is 0. The second-order valence-electron chi connectivity index (χ2n) is 16.6. The molecule has 0 heterocycles. The molecule has 7 heteroatoms. The Labute approximate surface area is 284 Å². The second-order valence-corrected chi connectivity index (χ2v) is 16.6. The molecule has 0 aromatic carbocycles. The van der Waals surface area contributed by atoms with Gasteiger partial charge in [-0.05, 0) is 177 Å². The summed E-state index contributed by atoms with van der Waals surface area (Å²) in [5, 5.41) is 0. The fraction of sp³-hybridized carbons (Fsp3) is 1.00. The fourth-order valence-electron chi connectivity index (χ4n) is 11.1. The van der Waals surface area contributed by atoms with Gasteiger partial charge >= 0.3 is 0 Å². The van der Waals surface area contributed by atoms with E-state index < -0.39 is 0 Å². The van der Waals surface area contributed by atoms with Crippen molar-refractivity contribution in [3.05, 3.63) is 0 Å². The minimum Gasteiger partial charge on any atom is -0.378 e. The number of hydrogen-bond acceptors (Lipinski definition) is 7. The Morgan fingerprint density at radius 3 is 2.07 bits per heavy atom. The molecule has 6 N–H and O–H groups in total. The summed E-state index contributed by atoms with van der Waals surface area (Å²) in [6.07, 6.45) is 18.7. The molecule has 2 unspecified atom stereocenters. The Hall–Kier alpha value is -0.280. The van der Waals surface area contributed by atoms with E-state index in [2.05, 4.69) is 39.6 Å². The van der Waals surface area contributed by atoms with Crippen molar-refractivity contribution in [1.82, 2.24) is 4.90 Å². The SMILES string of the molecule is CCN(C)CCC[C@@H](C)[C@H]1CC[C@H]2C3[C@H](OCCCCN)CC4C[C@H](OCCCCN)CC[C@]4(C)[C@H]3C[C@H](OCCCCN)[C@]12C. The standard InChI is InChI=1S/C39H76N4O3/c1-6-43(5)22-13-14-29(2)32-15-16-33-37-34(28-36(39(32,33)4)46-25-12-9-21-42)38(3)18-17-31(44-23-10-7-19-40)26-30(38)27-35(37)45-24-11-8-20-41/h29-37H,6-28,40-42H2,1-5H3/t29-,30?,31-,32-,33+,34+,35-,36+,37?,38+,39-/m1/s1. The third kappa shape index (κ3) is 8.89. The molecule has 4 rings (SSSR count). The van der Waals surface area contributed by atoms with Crippen molar-refractivity contribution in [3.8, 4) is 0 Å². The molecule has 0 aliphatic heterocycles. The number of nitrogens with two attached hydrogens (primary N) is 3. The number of ether oxygens (including phenoxy) is 3. The summed E-state index contributed by atoms with van der Waals surface area (Å²) in [4.78, 5) is 2.46. The highest BCUT2D eigenvalue weighted by molar-refractivity contribution is 5.15. The first-order chi connectivity index (χ1) is 22.2. The molecular weight excluding hydrogens is 572 g/mol. The lowest BCUT2D eigenvalue weighted by Crippen LogP contribution is -2.63. The maximum Gasteiger partial charge on any atom is 0.0637 e. The van der Waals surface area contributed by atoms with E-state index in [1.54, 1.807) is 0 Å². The molecule has 0 aromatic heterocycles. The maximum atomic E-state index is 7.11. The van der Waals surface area contributed by atoms with Gasteiger partial charge in [0.1, 0.15) is 0 Å². The highest BCUT2D eigenvalue weighted by Crippen LogP contribution is 2.69. The van der Waals surface area contributed by atoms with E-state index >= 15 is 0 Å². The van der Waals surface area contributed by atoms with E-state index in [0.717, 1.165) is 90.4 Å². The van der Waals surface area contributed by atoms with Crippen LogP contribution >= 0.6 is 0 Å². The van der Waals surface area contributed by atoms with Gasteiger partial charge in [-0.2, -0.15) is 0 Å². The van der Waals surface area contributed by atoms with E-state index in [4.69, 9.17) is 31.4 Å². The van der Waals surface area contributed by atoms with Gasteiger partial charge in [0, 0.05) is 25.2 Å². The van der Waals surface area contributed by atoms with Crippen LogP contribution in [0.4, 0.5) is 0 Å². The molecule has 4 saturated carbocycles. The van der Waals surface area contributed by atoms with Crippen molar-refractivity contribution in [2.24, 2.45) is 63.5 Å². The molecule has 0 radical (unpaired) electrons. The average molecular weight is 649 g/mol. The van der Waals surface area contributed by atoms with Crippen LogP contribution in [0, 0.1) is 46.3 Å². The van der Waals surface area contributed by atoms with Crippen LogP contribution in [0.3, 0.4) is 0 Å². The zero-order valence-electron chi connectivity index (χ0n) is 30.9. The van der Waals surface area contributed by atoms with Crippen LogP contribution in [0.15, 0.2) is 0 Å². The molecule has 4 aliphatic rings. The maximum absolute atomic E-state index is 7.11. The Balaban J connectivity index is 1.59. The Kier molecular flexibility index (Phi) is 15.6. The third-order valence-corrected chi connectivity index (χ3v) is 14.0. The van der Waals surface area contributed by atoms with Gasteiger partial charge in [0.25, 0.3) is 0 Å². The van der Waals surface area contributed by atoms with Crippen LogP contribution in [-0.2, 0) is 14.2 Å². The highest BCUT2D eigenvalue weighted by Gasteiger charge is 2.66. The normalized spacial score (nSPS) is 38.0. The molecule has 4 aliphatic carbocycles. The van der Waals surface area contributed by atoms with Crippen molar-refractivity contribution in [1.29, 1.82) is 0 Å². The molecule has 0 amide bonds. The predicted molar refractivity (Wildman–Crippen MR) is 192 cm³/mol. The van der Waals surface area contributed by atoms with Crippen molar-refractivity contribution in [2.75, 3.05) is 59.6 Å². The molecule has 0 spiro atoms. The number of fused-ring (bicyclic) bond motifs is 5. The van der Waals surface area contributed by atoms with Gasteiger partial charge in [-0.25, -0.2) is 0 Å². The number of nitrogens with zero attached hydrogens (tertiary/aromatic N) is 1. The van der Waals surface area contributed by atoms with Gasteiger partial charge in [-0.15, -0.1) is 0 Å². The second kappa shape index (κ2) is 18.6. The van der Waals surface area contributed by atoms with Crippen molar-refractivity contribution in [3.63, 3.8) is 0 Å². The Bertz CT molecular complexity index is 863. The van der Waals surface area contributed by atoms with Crippen LogP contribution in [0.2, 0.25) is 0 Å². The minimum atomic E-state index is 0.200. The number of hydrogen-bond donors (Lipinski definition) is 3. The van der Waals surface area contributed by atoms with E-state index in [-0.39, 0.29) is 5.41 Å². The van der Waals surface area contributed by atoms with Gasteiger partial charge < -0.3 is 36.3 Å². The Morgan fingerprint density at radius 1 is 0.761 bits per heavy atom. The molecular formula is C39H76N4O3. The molecule has 4 fully saturated rings. The van der Waals surface area contributed by atoms with Crippen LogP contribution in [-0.4, -0.2) is 82.8 Å². The quantitative estimate of drug-likeness (QED) is 0.120. The highest BCUT2D eigenvalue weighted by atomic mass is 16.5. The van der Waals surface area contributed by atoms with Gasteiger partial charge in [0.05, 0.1) is 18.3 Å². The lowest BCUT2D eigenvalue weighted by Gasteiger charge is -2.65. The molecule has 0 bridgehead atoms. The molecule has 46 heavy (non-hydrogen) atoms. The minimum absolute atomic E-state index is 0.200. The molecule has 11 atom stereocenters. The summed E-state index contributed by atoms with van der Waals surface area (Å²) < 4.78 is 20.6. The van der Waals surface area contributed by atoms with E-state index in [9.17, 15) is 0 Å². The van der Waals surface area contributed by atoms with Crippen molar-refractivity contribution < 1.29 is 14.2 Å². The topological polar surface area (TPSA) is 109 Å². The molecule has 270 valence electrons. The van der Waals surface area contributed by atoms with Crippen LogP contribution in [0.1, 0.15) is 124 Å². The Morgan fingerprint density at radius 2 is 1.41 bits per heavy atom. The first kappa shape index (κ1) is 38.5. The van der Waals surface area contributed by atoms with Crippen molar-refractivity contribution in [2.45, 2.75) is 142 Å². The van der Waals surface area contributed by atoms with Gasteiger partial charge in [0.2, 0.25) is 0 Å². The molecule has 0 saturated heterocycles. The summed E-state index contributed by atoms with van der Waals surface area (Å²) in [5.74, 6) is 4.02. The average Bonchev–Trinajstić information content (AvgIpc) is 3.41. The zero-order valence-corrected chi connectivity index (χ0v) is 30.9. The summed E-state index contributed by atoms with van der Waals surface area (Å²) in [5.41, 5.74) is 18.1. The third-order valence-electron chi connectivity index (χ3n) is 14.0. The molecule has 0 aromatic rings. The molecule has 7 nitrogen and oxygen atoms in total. The monoisotopic (exact) mass is 649 g/mol. The van der Waals surface area contributed by atoms with Gasteiger partial charge in [0.15, 0.2) is 0 Å². The lowest BCUT2D eigenvalue weighted by atomic mass is 9.43. The van der Waals surface area contributed by atoms with Crippen LogP contribution in [0.25, 0.3) is 0 Å². The lowest BCUT2D eigenvalue weighted by molar-refractivity contribution is -0.227. The van der Waals surface area contributed by atoms with Gasteiger partial charge in [-0.1, -0.05) is 27.7 Å². The van der Waals surface area contributed by atoms with Crippen molar-refractivity contribution >= 4 is 0 Å². The largest absolute Gasteiger partial charge is 0.378 e. The summed E-state index contributed by atoms with van der Waals surface area (Å²) >= 11 is 0. The van der Waals surface area contributed by atoms with E-state index in [1.807, 2.05) is 0 Å². The van der Waals surface area contributed by atoms with Crippen LogP contribution < -0.4 is 17.2 Å². The van der Waals surface area contributed by atoms with Gasteiger partial charge in [-0.3, -0.25) is 0 Å². The van der Waals surface area contributed by atoms with Crippen LogP contribution in [0.5, 0.6) is 0 Å². The first-order valence-corrected chi connectivity index (χ1v) is 19.9.